The van der Waals surface area contributed by atoms with Gasteiger partial charge in [-0.1, -0.05) is 32.1 Å². The van der Waals surface area contributed by atoms with Crippen LogP contribution in [0.2, 0.25) is 0 Å². The van der Waals surface area contributed by atoms with Gasteiger partial charge in [-0.25, -0.2) is 0 Å². The number of hydrogen-bond acceptors (Lipinski definition) is 2. The first-order valence-electron chi connectivity index (χ1n) is 6.42. The van der Waals surface area contributed by atoms with Gasteiger partial charge in [0.15, 0.2) is 0 Å². The van der Waals surface area contributed by atoms with Crippen LogP contribution >= 0.6 is 0 Å². The van der Waals surface area contributed by atoms with Gasteiger partial charge in [-0.15, -0.1) is 0 Å². The molecule has 1 atom stereocenters. The Kier molecular flexibility index (Phi) is 3.64. The van der Waals surface area contributed by atoms with E-state index in [1.165, 1.54) is 37.7 Å². The van der Waals surface area contributed by atoms with E-state index in [1.54, 1.807) is 0 Å². The summed E-state index contributed by atoms with van der Waals surface area (Å²) in [5.74, 6) is 0.836. The molecule has 0 bridgehead atoms. The third-order valence-corrected chi connectivity index (χ3v) is 3.76. The normalized spacial score (nSPS) is 19.9. The minimum atomic E-state index is 0.178. The Bertz CT molecular complexity index is 337. The zero-order chi connectivity index (χ0) is 11.5. The molecular weight excluding hydrogens is 198 g/mol. The van der Waals surface area contributed by atoms with E-state index < -0.39 is 0 Å². The lowest BCUT2D eigenvalue weighted by molar-refractivity contribution is 0.319. The third-order valence-electron chi connectivity index (χ3n) is 3.76. The predicted molar refractivity (Wildman–Crippen MR) is 66.1 cm³/mol. The zero-order valence-electron chi connectivity index (χ0n) is 10.4. The Balaban J connectivity index is 1.96. The van der Waals surface area contributed by atoms with Crippen molar-refractivity contribution in [2.75, 3.05) is 0 Å². The van der Waals surface area contributed by atoms with Crippen LogP contribution in [0.15, 0.2) is 6.20 Å². The summed E-state index contributed by atoms with van der Waals surface area (Å²) in [4.78, 5) is 0. The van der Waals surface area contributed by atoms with Crippen LogP contribution in [0.4, 0.5) is 0 Å². The van der Waals surface area contributed by atoms with Crippen LogP contribution in [0.5, 0.6) is 0 Å². The average Bonchev–Trinajstić information content (AvgIpc) is 2.59. The fraction of sp³-hybridized carbons (Fsp3) is 0.769. The van der Waals surface area contributed by atoms with Gasteiger partial charge in [0.05, 0.1) is 5.69 Å². The maximum absolute atomic E-state index is 6.29. The Morgan fingerprint density at radius 3 is 2.69 bits per heavy atom. The highest BCUT2D eigenvalue weighted by Crippen LogP contribution is 2.31. The first-order valence-corrected chi connectivity index (χ1v) is 6.42. The standard InChI is InChI=1S/C13H23N3/c1-10-12(9-16(2)15-10)13(14)8-11-6-4-3-5-7-11/h9,11,13H,3-8,14H2,1-2H3. The quantitative estimate of drug-likeness (QED) is 0.853. The van der Waals surface area contributed by atoms with Crippen LogP contribution < -0.4 is 5.73 Å². The van der Waals surface area contributed by atoms with Gasteiger partial charge in [0.2, 0.25) is 0 Å². The summed E-state index contributed by atoms with van der Waals surface area (Å²) in [7, 11) is 1.96. The monoisotopic (exact) mass is 221 g/mol. The van der Waals surface area contributed by atoms with Crippen molar-refractivity contribution in [3.8, 4) is 0 Å². The molecule has 1 saturated carbocycles. The van der Waals surface area contributed by atoms with Gasteiger partial charge in [0, 0.05) is 24.8 Å². The summed E-state index contributed by atoms with van der Waals surface area (Å²) in [6, 6.07) is 0.178. The molecule has 3 nitrogen and oxygen atoms in total. The van der Waals surface area contributed by atoms with E-state index in [0.29, 0.717) is 0 Å². The van der Waals surface area contributed by atoms with Gasteiger partial charge >= 0.3 is 0 Å². The lowest BCUT2D eigenvalue weighted by Gasteiger charge is -2.24. The van der Waals surface area contributed by atoms with Crippen LogP contribution in [-0.4, -0.2) is 9.78 Å². The first kappa shape index (κ1) is 11.6. The SMILES string of the molecule is Cc1nn(C)cc1C(N)CC1CCCCC1. The van der Waals surface area contributed by atoms with E-state index in [9.17, 15) is 0 Å². The smallest absolute Gasteiger partial charge is 0.0641 e. The second-order valence-electron chi connectivity index (χ2n) is 5.19. The van der Waals surface area contributed by atoms with Gasteiger partial charge in [-0.3, -0.25) is 4.68 Å². The third kappa shape index (κ3) is 2.64. The predicted octanol–water partition coefficient (Wildman–Crippen LogP) is 2.70. The molecule has 1 aliphatic carbocycles. The largest absolute Gasteiger partial charge is 0.324 e. The highest BCUT2D eigenvalue weighted by Gasteiger charge is 2.19. The van der Waals surface area contributed by atoms with Crippen molar-refractivity contribution in [2.24, 2.45) is 18.7 Å². The number of nitrogens with zero attached hydrogens (tertiary/aromatic N) is 2. The van der Waals surface area contributed by atoms with Crippen LogP contribution in [0.3, 0.4) is 0 Å². The molecule has 1 heterocycles. The van der Waals surface area contributed by atoms with E-state index in [-0.39, 0.29) is 6.04 Å². The van der Waals surface area contributed by atoms with Gasteiger partial charge in [0.1, 0.15) is 0 Å². The van der Waals surface area contributed by atoms with E-state index >= 15 is 0 Å². The number of aryl methyl sites for hydroxylation is 2. The first-order chi connectivity index (χ1) is 7.66. The Labute approximate surface area is 98.0 Å². The van der Waals surface area contributed by atoms with Crippen LogP contribution in [0, 0.1) is 12.8 Å². The van der Waals surface area contributed by atoms with Gasteiger partial charge in [-0.2, -0.15) is 5.10 Å². The molecule has 0 aromatic carbocycles. The molecule has 1 fully saturated rings. The van der Waals surface area contributed by atoms with Crippen molar-refractivity contribution < 1.29 is 0 Å². The van der Waals surface area contributed by atoms with Gasteiger partial charge in [-0.05, 0) is 19.3 Å². The molecule has 0 radical (unpaired) electrons. The average molecular weight is 221 g/mol. The molecule has 2 rings (SSSR count). The lowest BCUT2D eigenvalue weighted by atomic mass is 9.84. The van der Waals surface area contributed by atoms with Gasteiger partial charge < -0.3 is 5.73 Å². The molecule has 0 amide bonds. The summed E-state index contributed by atoms with van der Waals surface area (Å²) >= 11 is 0. The van der Waals surface area contributed by atoms with E-state index in [2.05, 4.69) is 18.2 Å². The Hall–Kier alpha value is -0.830. The summed E-state index contributed by atoms with van der Waals surface area (Å²) < 4.78 is 1.87. The fourth-order valence-corrected chi connectivity index (χ4v) is 2.89. The maximum atomic E-state index is 6.29. The number of hydrogen-bond donors (Lipinski definition) is 1. The molecule has 1 aliphatic rings. The molecule has 0 saturated heterocycles. The highest BCUT2D eigenvalue weighted by atomic mass is 15.2. The van der Waals surface area contributed by atoms with Crippen LogP contribution in [-0.2, 0) is 7.05 Å². The topological polar surface area (TPSA) is 43.8 Å². The summed E-state index contributed by atoms with van der Waals surface area (Å²) in [5, 5.41) is 4.36. The van der Waals surface area contributed by atoms with E-state index in [1.807, 2.05) is 11.7 Å². The summed E-state index contributed by atoms with van der Waals surface area (Å²) in [6.45, 7) is 2.05. The number of rotatable bonds is 3. The summed E-state index contributed by atoms with van der Waals surface area (Å²) in [5.41, 5.74) is 8.61. The fourth-order valence-electron chi connectivity index (χ4n) is 2.89. The van der Waals surface area contributed by atoms with E-state index in [4.69, 9.17) is 5.73 Å². The van der Waals surface area contributed by atoms with Crippen molar-refractivity contribution in [1.82, 2.24) is 9.78 Å². The highest BCUT2D eigenvalue weighted by molar-refractivity contribution is 5.19. The second-order valence-corrected chi connectivity index (χ2v) is 5.19. The molecule has 0 spiro atoms. The minimum absolute atomic E-state index is 0.178. The Morgan fingerprint density at radius 2 is 2.12 bits per heavy atom. The number of aromatic nitrogens is 2. The van der Waals surface area contributed by atoms with E-state index in [0.717, 1.165) is 18.0 Å². The molecule has 1 aromatic rings. The van der Waals surface area contributed by atoms with Crippen molar-refractivity contribution >= 4 is 0 Å². The molecular formula is C13H23N3. The molecule has 3 heteroatoms. The van der Waals surface area contributed by atoms with Crippen molar-refractivity contribution in [2.45, 2.75) is 51.5 Å². The maximum Gasteiger partial charge on any atom is 0.0641 e. The molecule has 0 aliphatic heterocycles. The van der Waals surface area contributed by atoms with Gasteiger partial charge in [0.25, 0.3) is 0 Å². The van der Waals surface area contributed by atoms with Crippen molar-refractivity contribution in [1.29, 1.82) is 0 Å². The molecule has 16 heavy (non-hydrogen) atoms. The molecule has 1 unspecified atom stereocenters. The van der Waals surface area contributed by atoms with Crippen LogP contribution in [0.25, 0.3) is 0 Å². The summed E-state index contributed by atoms with van der Waals surface area (Å²) in [6.07, 6.45) is 10.1. The van der Waals surface area contributed by atoms with Crippen LogP contribution in [0.1, 0.15) is 55.8 Å². The zero-order valence-corrected chi connectivity index (χ0v) is 10.4. The lowest BCUT2D eigenvalue weighted by Crippen LogP contribution is -2.17. The Morgan fingerprint density at radius 1 is 1.44 bits per heavy atom. The number of nitrogens with two attached hydrogens (primary N) is 1. The molecule has 2 N–H and O–H groups in total. The minimum Gasteiger partial charge on any atom is -0.324 e. The molecule has 90 valence electrons. The second kappa shape index (κ2) is 5.00. The van der Waals surface area contributed by atoms with Crippen molar-refractivity contribution in [3.63, 3.8) is 0 Å². The van der Waals surface area contributed by atoms with Crippen molar-refractivity contribution in [3.05, 3.63) is 17.5 Å². The molecule has 1 aromatic heterocycles.